The average molecular weight is 679 g/mol. The maximum atomic E-state index is 10.3. The molecule has 0 saturated heterocycles. The molecular formula is C18H4CaCl10O4. The predicted molar refractivity (Wildman–Crippen MR) is 137 cm³/mol. The van der Waals surface area contributed by atoms with Gasteiger partial charge >= 0.3 is 37.7 Å². The van der Waals surface area contributed by atoms with Crippen molar-refractivity contribution < 1.29 is 19.8 Å². The van der Waals surface area contributed by atoms with Gasteiger partial charge in [-0.3, -0.25) is 0 Å². The van der Waals surface area contributed by atoms with Gasteiger partial charge in [-0.05, 0) is 12.2 Å². The fourth-order valence-electron chi connectivity index (χ4n) is 1.84. The van der Waals surface area contributed by atoms with Gasteiger partial charge in [-0.25, -0.2) is 0 Å². The number of rotatable bonds is 4. The van der Waals surface area contributed by atoms with Crippen molar-refractivity contribution in [2.24, 2.45) is 0 Å². The van der Waals surface area contributed by atoms with Crippen LogP contribution in [0.3, 0.4) is 0 Å². The molecule has 0 unspecified atom stereocenters. The van der Waals surface area contributed by atoms with E-state index in [1.807, 2.05) is 0 Å². The number of benzene rings is 2. The molecule has 0 bridgehead atoms. The van der Waals surface area contributed by atoms with Gasteiger partial charge in [0.05, 0.1) is 62.2 Å². The van der Waals surface area contributed by atoms with E-state index in [-0.39, 0.29) is 99.1 Å². The first-order valence-electron chi connectivity index (χ1n) is 7.53. The first kappa shape index (κ1) is 34.0. The van der Waals surface area contributed by atoms with Gasteiger partial charge in [-0.15, -0.1) is 0 Å². The fourth-order valence-corrected chi connectivity index (χ4v) is 4.40. The minimum atomic E-state index is -1.39. The third-order valence-electron chi connectivity index (χ3n) is 3.26. The minimum absolute atomic E-state index is 0. The van der Waals surface area contributed by atoms with Crippen molar-refractivity contribution >= 4 is 178 Å². The van der Waals surface area contributed by atoms with Gasteiger partial charge in [0, 0.05) is 11.1 Å². The van der Waals surface area contributed by atoms with E-state index in [0.717, 1.165) is 24.3 Å². The van der Waals surface area contributed by atoms with Crippen LogP contribution in [0.2, 0.25) is 50.2 Å². The molecular weight excluding hydrogens is 675 g/mol. The number of aliphatic carboxylic acids is 2. The Kier molecular flexibility index (Phi) is 15.8. The summed E-state index contributed by atoms with van der Waals surface area (Å²) in [5.74, 6) is -2.79. The van der Waals surface area contributed by atoms with E-state index in [1.54, 1.807) is 0 Å². The second-order valence-electron chi connectivity index (χ2n) is 5.27. The Morgan fingerprint density at radius 2 is 0.636 bits per heavy atom. The molecule has 0 aliphatic carbocycles. The van der Waals surface area contributed by atoms with Gasteiger partial charge in [0.25, 0.3) is 0 Å². The van der Waals surface area contributed by atoms with Crippen LogP contribution in [0.15, 0.2) is 12.2 Å². The number of carboxylic acids is 2. The van der Waals surface area contributed by atoms with E-state index >= 15 is 0 Å². The van der Waals surface area contributed by atoms with Crippen LogP contribution in [0.1, 0.15) is 11.1 Å². The van der Waals surface area contributed by atoms with E-state index in [4.69, 9.17) is 116 Å². The number of hydrogen-bond acceptors (Lipinski definition) is 4. The van der Waals surface area contributed by atoms with Gasteiger partial charge in [0.2, 0.25) is 0 Å². The number of carbonyl (C=O) groups is 2. The zero-order valence-electron chi connectivity index (χ0n) is 15.4. The zero-order chi connectivity index (χ0) is 24.9. The molecule has 2 rings (SSSR count). The van der Waals surface area contributed by atoms with Crippen molar-refractivity contribution in [1.29, 1.82) is 0 Å². The zero-order valence-corrected chi connectivity index (χ0v) is 25.2. The molecule has 0 saturated carbocycles. The number of halogens is 10. The molecule has 172 valence electrons. The van der Waals surface area contributed by atoms with E-state index < -0.39 is 11.9 Å². The summed E-state index contributed by atoms with van der Waals surface area (Å²) in [5.41, 5.74) is 0.346. The summed E-state index contributed by atoms with van der Waals surface area (Å²) in [6.45, 7) is 0. The van der Waals surface area contributed by atoms with Crippen LogP contribution in [0.5, 0.6) is 0 Å². The summed E-state index contributed by atoms with van der Waals surface area (Å²) in [6.07, 6.45) is 3.78. The third-order valence-corrected chi connectivity index (χ3v) is 7.87. The molecule has 0 aliphatic heterocycles. The summed E-state index contributed by atoms with van der Waals surface area (Å²) < 4.78 is 0. The first-order valence-corrected chi connectivity index (χ1v) is 11.3. The molecule has 0 heterocycles. The van der Waals surface area contributed by atoms with E-state index in [0.29, 0.717) is 0 Å². The van der Waals surface area contributed by atoms with E-state index in [9.17, 15) is 19.8 Å². The third kappa shape index (κ3) is 9.12. The molecule has 2 aromatic carbocycles. The Bertz CT molecular complexity index is 1000. The maximum absolute atomic E-state index is 10.3. The summed E-state index contributed by atoms with van der Waals surface area (Å²) in [6, 6.07) is 0. The molecule has 4 nitrogen and oxygen atoms in total. The van der Waals surface area contributed by atoms with Crippen LogP contribution >= 0.6 is 116 Å². The largest absolute Gasteiger partial charge is 2.00 e. The van der Waals surface area contributed by atoms with E-state index in [2.05, 4.69) is 0 Å². The smallest absolute Gasteiger partial charge is 0.545 e. The van der Waals surface area contributed by atoms with Gasteiger partial charge in [0.15, 0.2) is 0 Å². The van der Waals surface area contributed by atoms with Crippen molar-refractivity contribution in [2.45, 2.75) is 0 Å². The molecule has 33 heavy (non-hydrogen) atoms. The SMILES string of the molecule is O=C([O-])C=Cc1c(Cl)c(Cl)c(Cl)c(Cl)c1Cl.O=C([O-])C=Cc1c(Cl)c(Cl)c(Cl)c(Cl)c1Cl.[Ca+2]. The van der Waals surface area contributed by atoms with Crippen molar-refractivity contribution in [1.82, 2.24) is 0 Å². The first-order chi connectivity index (χ1) is 14.7. The summed E-state index contributed by atoms with van der Waals surface area (Å²) in [7, 11) is 0. The molecule has 0 amide bonds. The topological polar surface area (TPSA) is 80.3 Å². The van der Waals surface area contributed by atoms with Gasteiger partial charge < -0.3 is 19.8 Å². The Balaban J connectivity index is 0.000000602. The molecule has 0 radical (unpaired) electrons. The Hall–Kier alpha value is 1.02. The second kappa shape index (κ2) is 15.3. The Labute approximate surface area is 267 Å². The van der Waals surface area contributed by atoms with Crippen LogP contribution in [-0.2, 0) is 9.59 Å². The molecule has 0 aliphatic rings. The Morgan fingerprint density at radius 3 is 0.818 bits per heavy atom. The van der Waals surface area contributed by atoms with Gasteiger partial charge in [0.1, 0.15) is 0 Å². The summed E-state index contributed by atoms with van der Waals surface area (Å²) in [4.78, 5) is 20.5. The number of carboxylic acid groups (broad SMARTS) is 2. The predicted octanol–water partition coefficient (Wildman–Crippen LogP) is 7.05. The van der Waals surface area contributed by atoms with Crippen molar-refractivity contribution in [3.8, 4) is 0 Å². The minimum Gasteiger partial charge on any atom is -0.545 e. The number of hydrogen-bond donors (Lipinski definition) is 0. The average Bonchev–Trinajstić information content (AvgIpc) is 2.73. The maximum Gasteiger partial charge on any atom is 2.00 e. The van der Waals surface area contributed by atoms with Crippen molar-refractivity contribution in [2.75, 3.05) is 0 Å². The molecule has 0 spiro atoms. The van der Waals surface area contributed by atoms with Crippen molar-refractivity contribution in [3.63, 3.8) is 0 Å². The molecule has 0 fully saturated rings. The van der Waals surface area contributed by atoms with Crippen molar-refractivity contribution in [3.05, 3.63) is 73.5 Å². The van der Waals surface area contributed by atoms with E-state index in [1.165, 1.54) is 0 Å². The molecule has 0 N–H and O–H groups in total. The standard InChI is InChI=1S/2C9H3Cl5O2.Ca/c2*10-5-3(1-2-4(15)16)6(11)8(13)9(14)7(5)12;/h2*1-2H,(H,15,16);/q;;+2/p-2. The van der Waals surface area contributed by atoms with Crippen LogP contribution in [0.4, 0.5) is 0 Å². The van der Waals surface area contributed by atoms with Gasteiger partial charge in [-0.2, -0.15) is 0 Å². The van der Waals surface area contributed by atoms with Crippen LogP contribution < -0.4 is 10.2 Å². The summed E-state index contributed by atoms with van der Waals surface area (Å²) >= 11 is 57.9. The fraction of sp³-hybridized carbons (Fsp3) is 0. The molecule has 15 heteroatoms. The monoisotopic (exact) mass is 674 g/mol. The molecule has 2 aromatic rings. The molecule has 0 atom stereocenters. The number of carbonyl (C=O) groups excluding carboxylic acids is 2. The van der Waals surface area contributed by atoms with Crippen LogP contribution in [0, 0.1) is 0 Å². The molecule has 0 aromatic heterocycles. The second-order valence-corrected chi connectivity index (χ2v) is 9.05. The normalized spacial score (nSPS) is 10.7. The quantitative estimate of drug-likeness (QED) is 0.150. The van der Waals surface area contributed by atoms with Crippen LogP contribution in [0.25, 0.3) is 12.2 Å². The Morgan fingerprint density at radius 1 is 0.455 bits per heavy atom. The van der Waals surface area contributed by atoms with Gasteiger partial charge in [-0.1, -0.05) is 128 Å². The van der Waals surface area contributed by atoms with Crippen LogP contribution in [-0.4, -0.2) is 49.7 Å². The summed E-state index contributed by atoms with van der Waals surface area (Å²) in [5, 5.41) is 20.7.